The first kappa shape index (κ1) is 22.0. The molecule has 156 valence electrons. The van der Waals surface area contributed by atoms with Crippen LogP contribution in [0.1, 0.15) is 52.9 Å². The zero-order valence-electron chi connectivity index (χ0n) is 17.4. The Morgan fingerprint density at radius 1 is 1.26 bits per heavy atom. The number of rotatable bonds is 7. The van der Waals surface area contributed by atoms with Gasteiger partial charge in [0.05, 0.1) is 19.3 Å². The number of urea groups is 1. The van der Waals surface area contributed by atoms with Crippen LogP contribution in [0.2, 0.25) is 0 Å². The fourth-order valence-electron chi connectivity index (χ4n) is 4.23. The SMILES string of the molecule is CCC(C)(C)C1CCC(NC(=O)N2CCOC(CN(C)CC(=O)O)C2)CC1. The molecule has 0 aromatic heterocycles. The average Bonchev–Trinajstić information content (AvgIpc) is 2.61. The maximum absolute atomic E-state index is 12.7. The van der Waals surface area contributed by atoms with Crippen molar-refractivity contribution in [2.75, 3.05) is 39.8 Å². The number of aliphatic carboxylic acids is 1. The number of ether oxygens (including phenoxy) is 1. The second-order valence-corrected chi connectivity index (χ2v) is 8.87. The number of nitrogens with one attached hydrogen (secondary N) is 1. The van der Waals surface area contributed by atoms with E-state index in [-0.39, 0.29) is 24.7 Å². The highest BCUT2D eigenvalue weighted by atomic mass is 16.5. The van der Waals surface area contributed by atoms with Crippen LogP contribution in [0.4, 0.5) is 4.79 Å². The molecule has 0 spiro atoms. The number of carboxylic acids is 1. The number of hydrogen-bond donors (Lipinski definition) is 2. The maximum atomic E-state index is 12.7. The molecule has 0 aromatic rings. The highest BCUT2D eigenvalue weighted by Crippen LogP contribution is 2.40. The van der Waals surface area contributed by atoms with E-state index in [1.807, 2.05) is 4.90 Å². The lowest BCUT2D eigenvalue weighted by molar-refractivity contribution is -0.138. The van der Waals surface area contributed by atoms with E-state index in [4.69, 9.17) is 9.84 Å². The number of hydrogen-bond acceptors (Lipinski definition) is 4. The smallest absolute Gasteiger partial charge is 0.317 e. The summed E-state index contributed by atoms with van der Waals surface area (Å²) < 4.78 is 5.71. The van der Waals surface area contributed by atoms with Crippen LogP contribution in [-0.4, -0.2) is 78.9 Å². The molecule has 7 nitrogen and oxygen atoms in total. The number of carboxylic acid groups (broad SMARTS) is 1. The van der Waals surface area contributed by atoms with Crippen LogP contribution >= 0.6 is 0 Å². The van der Waals surface area contributed by atoms with Crippen LogP contribution in [0.5, 0.6) is 0 Å². The number of morpholine rings is 1. The highest BCUT2D eigenvalue weighted by molar-refractivity contribution is 5.74. The molecule has 1 aliphatic carbocycles. The Kier molecular flexibility index (Phi) is 7.91. The summed E-state index contributed by atoms with van der Waals surface area (Å²) in [4.78, 5) is 27.0. The van der Waals surface area contributed by atoms with E-state index in [0.29, 0.717) is 31.7 Å². The van der Waals surface area contributed by atoms with Gasteiger partial charge < -0.3 is 20.1 Å². The van der Waals surface area contributed by atoms with Crippen molar-refractivity contribution in [1.82, 2.24) is 15.1 Å². The van der Waals surface area contributed by atoms with E-state index < -0.39 is 5.97 Å². The Morgan fingerprint density at radius 2 is 1.93 bits per heavy atom. The van der Waals surface area contributed by atoms with Crippen molar-refractivity contribution in [1.29, 1.82) is 0 Å². The molecular formula is C20H37N3O4. The molecule has 1 saturated carbocycles. The molecule has 2 aliphatic rings. The molecule has 1 atom stereocenters. The van der Waals surface area contributed by atoms with Crippen molar-refractivity contribution in [3.63, 3.8) is 0 Å². The standard InChI is InChI=1S/C20H37N3O4/c1-5-20(2,3)15-6-8-16(9-7-15)21-19(26)23-10-11-27-17(13-23)12-22(4)14-18(24)25/h15-17H,5-14H2,1-4H3,(H,21,26)(H,24,25). The molecule has 0 radical (unpaired) electrons. The Labute approximate surface area is 163 Å². The van der Waals surface area contributed by atoms with Crippen molar-refractivity contribution in [2.24, 2.45) is 11.3 Å². The molecule has 7 heteroatoms. The summed E-state index contributed by atoms with van der Waals surface area (Å²) in [5.74, 6) is -0.113. The fourth-order valence-corrected chi connectivity index (χ4v) is 4.23. The zero-order valence-corrected chi connectivity index (χ0v) is 17.4. The van der Waals surface area contributed by atoms with E-state index in [0.717, 1.165) is 18.8 Å². The Bertz CT molecular complexity index is 503. The minimum Gasteiger partial charge on any atom is -0.480 e. The summed E-state index contributed by atoms with van der Waals surface area (Å²) in [6.07, 6.45) is 5.51. The topological polar surface area (TPSA) is 82.1 Å². The number of carbonyl (C=O) groups excluding carboxylic acids is 1. The molecule has 2 amide bonds. The largest absolute Gasteiger partial charge is 0.480 e. The fraction of sp³-hybridized carbons (Fsp3) is 0.900. The summed E-state index contributed by atoms with van der Waals surface area (Å²) in [6, 6.07) is 0.250. The van der Waals surface area contributed by atoms with Gasteiger partial charge in [0.15, 0.2) is 0 Å². The third-order valence-corrected chi connectivity index (χ3v) is 6.42. The molecule has 27 heavy (non-hydrogen) atoms. The third kappa shape index (κ3) is 6.64. The molecule has 1 heterocycles. The van der Waals surface area contributed by atoms with Crippen molar-refractivity contribution in [3.8, 4) is 0 Å². The Morgan fingerprint density at radius 3 is 2.52 bits per heavy atom. The van der Waals surface area contributed by atoms with Crippen LogP contribution in [0.3, 0.4) is 0 Å². The van der Waals surface area contributed by atoms with Crippen LogP contribution in [0.25, 0.3) is 0 Å². The van der Waals surface area contributed by atoms with Gasteiger partial charge in [-0.2, -0.15) is 0 Å². The van der Waals surface area contributed by atoms with E-state index in [1.54, 1.807) is 11.9 Å². The van der Waals surface area contributed by atoms with E-state index in [1.165, 1.54) is 19.3 Å². The van der Waals surface area contributed by atoms with E-state index >= 15 is 0 Å². The quantitative estimate of drug-likeness (QED) is 0.705. The molecule has 1 saturated heterocycles. The van der Waals surface area contributed by atoms with Crippen LogP contribution < -0.4 is 5.32 Å². The first-order valence-electron chi connectivity index (χ1n) is 10.3. The summed E-state index contributed by atoms with van der Waals surface area (Å²) in [7, 11) is 1.76. The molecule has 1 aliphatic heterocycles. The van der Waals surface area contributed by atoms with Gasteiger partial charge in [-0.25, -0.2) is 4.79 Å². The van der Waals surface area contributed by atoms with Gasteiger partial charge in [-0.3, -0.25) is 9.69 Å². The third-order valence-electron chi connectivity index (χ3n) is 6.42. The zero-order chi connectivity index (χ0) is 20.0. The normalized spacial score (nSPS) is 26.9. The predicted molar refractivity (Wildman–Crippen MR) is 105 cm³/mol. The second-order valence-electron chi connectivity index (χ2n) is 8.87. The van der Waals surface area contributed by atoms with Gasteiger partial charge in [-0.1, -0.05) is 27.2 Å². The highest BCUT2D eigenvalue weighted by Gasteiger charge is 2.33. The minimum atomic E-state index is -0.857. The predicted octanol–water partition coefficient (Wildman–Crippen LogP) is 2.41. The monoisotopic (exact) mass is 383 g/mol. The first-order chi connectivity index (χ1) is 12.7. The summed E-state index contributed by atoms with van der Waals surface area (Å²) >= 11 is 0. The van der Waals surface area contributed by atoms with Gasteiger partial charge >= 0.3 is 12.0 Å². The first-order valence-corrected chi connectivity index (χ1v) is 10.3. The van der Waals surface area contributed by atoms with Gasteiger partial charge in [0.1, 0.15) is 0 Å². The van der Waals surface area contributed by atoms with E-state index in [9.17, 15) is 9.59 Å². The Hall–Kier alpha value is -1.34. The van der Waals surface area contributed by atoms with Gasteiger partial charge in [0.25, 0.3) is 0 Å². The van der Waals surface area contributed by atoms with Crippen LogP contribution in [0.15, 0.2) is 0 Å². The molecule has 0 bridgehead atoms. The summed E-state index contributed by atoms with van der Waals surface area (Å²) in [5.41, 5.74) is 0.383. The van der Waals surface area contributed by atoms with Gasteiger partial charge in [-0.05, 0) is 44.1 Å². The molecule has 0 aromatic carbocycles. The molecule has 2 fully saturated rings. The lowest BCUT2D eigenvalue weighted by atomic mass is 9.69. The molecular weight excluding hydrogens is 346 g/mol. The minimum absolute atomic E-state index is 0.0117. The number of likely N-dealkylation sites (N-methyl/N-ethyl adjacent to an activating group) is 1. The van der Waals surface area contributed by atoms with Crippen molar-refractivity contribution in [3.05, 3.63) is 0 Å². The van der Waals surface area contributed by atoms with Crippen molar-refractivity contribution >= 4 is 12.0 Å². The second kappa shape index (κ2) is 9.73. The van der Waals surface area contributed by atoms with Crippen molar-refractivity contribution in [2.45, 2.75) is 65.0 Å². The Balaban J connectivity index is 1.76. The maximum Gasteiger partial charge on any atom is 0.317 e. The number of amides is 2. The van der Waals surface area contributed by atoms with Gasteiger partial charge in [0, 0.05) is 25.7 Å². The van der Waals surface area contributed by atoms with E-state index in [2.05, 4.69) is 26.1 Å². The van der Waals surface area contributed by atoms with Crippen molar-refractivity contribution < 1.29 is 19.4 Å². The molecule has 1 unspecified atom stereocenters. The summed E-state index contributed by atoms with van der Waals surface area (Å²) in [5, 5.41) is 12.1. The molecule has 2 N–H and O–H groups in total. The lowest BCUT2D eigenvalue weighted by Crippen LogP contribution is -2.54. The molecule has 2 rings (SSSR count). The number of nitrogens with zero attached hydrogens (tertiary/aromatic N) is 2. The average molecular weight is 384 g/mol. The summed E-state index contributed by atoms with van der Waals surface area (Å²) in [6.45, 7) is 9.04. The van der Waals surface area contributed by atoms with Crippen LogP contribution in [0, 0.1) is 11.3 Å². The van der Waals surface area contributed by atoms with Gasteiger partial charge in [-0.15, -0.1) is 0 Å². The van der Waals surface area contributed by atoms with Gasteiger partial charge in [0.2, 0.25) is 0 Å². The number of carbonyl (C=O) groups is 2. The lowest BCUT2D eigenvalue weighted by Gasteiger charge is -2.40. The van der Waals surface area contributed by atoms with Crippen LogP contribution in [-0.2, 0) is 9.53 Å².